The number of amides is 2. The molecule has 0 aromatic heterocycles. The van der Waals surface area contributed by atoms with Gasteiger partial charge in [-0.25, -0.2) is 4.79 Å². The minimum atomic E-state index is -0.829. The minimum Gasteiger partial charge on any atom is -0.452 e. The molecule has 0 saturated heterocycles. The van der Waals surface area contributed by atoms with Crippen LogP contribution in [0.4, 0.5) is 17.1 Å². The Bertz CT molecular complexity index is 1000. The summed E-state index contributed by atoms with van der Waals surface area (Å²) in [6, 6.07) is 10.5. The molecule has 150 valence electrons. The molecule has 3 rings (SSSR count). The van der Waals surface area contributed by atoms with Gasteiger partial charge < -0.3 is 15.0 Å². The minimum absolute atomic E-state index is 0.0214. The Balaban J connectivity index is 1.79. The summed E-state index contributed by atoms with van der Waals surface area (Å²) in [6.07, 6.45) is 0.0956. The van der Waals surface area contributed by atoms with Crippen molar-refractivity contribution in [1.82, 2.24) is 0 Å². The first kappa shape index (κ1) is 20.0. The van der Waals surface area contributed by atoms with Crippen LogP contribution in [-0.2, 0) is 14.3 Å². The first-order valence-corrected chi connectivity index (χ1v) is 8.91. The molecule has 0 fully saturated rings. The highest BCUT2D eigenvalue weighted by atomic mass is 16.6. The van der Waals surface area contributed by atoms with E-state index in [4.69, 9.17) is 4.74 Å². The van der Waals surface area contributed by atoms with Crippen molar-refractivity contribution < 1.29 is 24.0 Å². The molecule has 9 nitrogen and oxygen atoms in total. The predicted molar refractivity (Wildman–Crippen MR) is 105 cm³/mol. The van der Waals surface area contributed by atoms with Crippen LogP contribution in [0, 0.1) is 17.0 Å². The quantitative estimate of drug-likeness (QED) is 0.481. The molecule has 9 heteroatoms. The monoisotopic (exact) mass is 397 g/mol. The van der Waals surface area contributed by atoms with E-state index in [0.717, 1.165) is 0 Å². The third-order valence-corrected chi connectivity index (χ3v) is 4.68. The van der Waals surface area contributed by atoms with E-state index in [2.05, 4.69) is 5.32 Å². The Hall–Kier alpha value is -3.75. The van der Waals surface area contributed by atoms with Crippen molar-refractivity contribution in [3.8, 4) is 0 Å². The summed E-state index contributed by atoms with van der Waals surface area (Å²) in [5.74, 6) is -1.55. The highest BCUT2D eigenvalue weighted by Gasteiger charge is 2.30. The van der Waals surface area contributed by atoms with Crippen LogP contribution in [0.5, 0.6) is 0 Å². The fourth-order valence-electron chi connectivity index (χ4n) is 3.28. The van der Waals surface area contributed by atoms with Crippen LogP contribution in [0.15, 0.2) is 42.5 Å². The zero-order chi connectivity index (χ0) is 21.1. The second-order valence-electron chi connectivity index (χ2n) is 6.67. The van der Waals surface area contributed by atoms with E-state index in [1.807, 2.05) is 0 Å². The number of anilines is 2. The van der Waals surface area contributed by atoms with Crippen molar-refractivity contribution in [2.45, 2.75) is 26.3 Å². The standard InChI is InChI=1S/C20H19N3O6/c1-12-10-18(24)21-15-7-3-4-8-17(15)22(12)19(25)11-29-20(26)14-6-5-9-16(13(14)2)23(27)28/h3-9,12H,10-11H2,1-2H3,(H,21,24). The molecule has 0 radical (unpaired) electrons. The third kappa shape index (κ3) is 4.08. The number of hydrogen-bond donors (Lipinski definition) is 1. The average Bonchev–Trinajstić information content (AvgIpc) is 2.80. The molecular formula is C20H19N3O6. The van der Waals surface area contributed by atoms with Gasteiger partial charge in [0.1, 0.15) is 0 Å². The normalized spacial score (nSPS) is 15.7. The predicted octanol–water partition coefficient (Wildman–Crippen LogP) is 2.82. The van der Waals surface area contributed by atoms with Gasteiger partial charge in [-0.3, -0.25) is 19.7 Å². The van der Waals surface area contributed by atoms with Crippen LogP contribution in [0.2, 0.25) is 0 Å². The number of esters is 1. The maximum atomic E-state index is 12.8. The van der Waals surface area contributed by atoms with Crippen LogP contribution in [-0.4, -0.2) is 35.4 Å². The second kappa shape index (κ2) is 8.09. The van der Waals surface area contributed by atoms with E-state index in [9.17, 15) is 24.5 Å². The fraction of sp³-hybridized carbons (Fsp3) is 0.250. The number of nitro benzene ring substituents is 1. The van der Waals surface area contributed by atoms with E-state index >= 15 is 0 Å². The van der Waals surface area contributed by atoms with E-state index in [1.54, 1.807) is 31.2 Å². The van der Waals surface area contributed by atoms with Crippen molar-refractivity contribution in [1.29, 1.82) is 0 Å². The Kier molecular flexibility index (Phi) is 5.58. The number of nitrogens with one attached hydrogen (secondary N) is 1. The molecule has 2 aromatic rings. The number of carbonyl (C=O) groups is 3. The van der Waals surface area contributed by atoms with Crippen LogP contribution in [0.1, 0.15) is 29.3 Å². The third-order valence-electron chi connectivity index (χ3n) is 4.68. The Morgan fingerprint density at radius 3 is 2.69 bits per heavy atom. The van der Waals surface area contributed by atoms with Gasteiger partial charge in [0.25, 0.3) is 11.6 Å². The van der Waals surface area contributed by atoms with Crippen molar-refractivity contribution in [2.75, 3.05) is 16.8 Å². The maximum absolute atomic E-state index is 12.8. The van der Waals surface area contributed by atoms with Crippen molar-refractivity contribution in [2.24, 2.45) is 0 Å². The molecule has 0 bridgehead atoms. The van der Waals surface area contributed by atoms with Crippen LogP contribution >= 0.6 is 0 Å². The number of nitrogens with zero attached hydrogens (tertiary/aromatic N) is 2. The topological polar surface area (TPSA) is 119 Å². The van der Waals surface area contributed by atoms with Crippen molar-refractivity contribution in [3.05, 3.63) is 63.7 Å². The Morgan fingerprint density at radius 1 is 1.24 bits per heavy atom. The zero-order valence-electron chi connectivity index (χ0n) is 15.9. The number of carbonyl (C=O) groups excluding carboxylic acids is 3. The molecule has 1 unspecified atom stereocenters. The summed E-state index contributed by atoms with van der Waals surface area (Å²) < 4.78 is 5.13. The summed E-state index contributed by atoms with van der Waals surface area (Å²) in [6.45, 7) is 2.61. The summed E-state index contributed by atoms with van der Waals surface area (Å²) in [5.41, 5.74) is 0.992. The Labute approximate surface area is 166 Å². The maximum Gasteiger partial charge on any atom is 0.339 e. The molecule has 1 aliphatic heterocycles. The number of ether oxygens (including phenoxy) is 1. The van der Waals surface area contributed by atoms with Crippen LogP contribution in [0.3, 0.4) is 0 Å². The van der Waals surface area contributed by atoms with Gasteiger partial charge in [-0.2, -0.15) is 0 Å². The summed E-state index contributed by atoms with van der Waals surface area (Å²) >= 11 is 0. The van der Waals surface area contributed by atoms with Gasteiger partial charge in [-0.05, 0) is 32.0 Å². The highest BCUT2D eigenvalue weighted by Crippen LogP contribution is 2.31. The van der Waals surface area contributed by atoms with Gasteiger partial charge in [0.2, 0.25) is 5.91 Å². The van der Waals surface area contributed by atoms with Crippen molar-refractivity contribution >= 4 is 34.8 Å². The fourth-order valence-corrected chi connectivity index (χ4v) is 3.28. The summed E-state index contributed by atoms with van der Waals surface area (Å²) in [4.78, 5) is 49.1. The lowest BCUT2D eigenvalue weighted by Crippen LogP contribution is -2.41. The first-order valence-electron chi connectivity index (χ1n) is 8.91. The van der Waals surface area contributed by atoms with Gasteiger partial charge in [0.05, 0.1) is 21.9 Å². The van der Waals surface area contributed by atoms with E-state index < -0.39 is 29.4 Å². The number of fused-ring (bicyclic) bond motifs is 1. The van der Waals surface area contributed by atoms with E-state index in [0.29, 0.717) is 11.4 Å². The van der Waals surface area contributed by atoms with Gasteiger partial charge in [-0.1, -0.05) is 18.2 Å². The Morgan fingerprint density at radius 2 is 1.97 bits per heavy atom. The molecular weight excluding hydrogens is 378 g/mol. The van der Waals surface area contributed by atoms with Gasteiger partial charge in [0.15, 0.2) is 6.61 Å². The molecule has 0 spiro atoms. The lowest BCUT2D eigenvalue weighted by atomic mass is 10.1. The van der Waals surface area contributed by atoms with Gasteiger partial charge in [-0.15, -0.1) is 0 Å². The van der Waals surface area contributed by atoms with Gasteiger partial charge >= 0.3 is 5.97 Å². The lowest BCUT2D eigenvalue weighted by molar-refractivity contribution is -0.385. The second-order valence-corrected chi connectivity index (χ2v) is 6.67. The number of nitro groups is 1. The SMILES string of the molecule is Cc1c(C(=O)OCC(=O)N2c3ccccc3NC(=O)CC2C)cccc1[N+](=O)[O-]. The first-order chi connectivity index (χ1) is 13.8. The largest absolute Gasteiger partial charge is 0.452 e. The number of benzene rings is 2. The smallest absolute Gasteiger partial charge is 0.339 e. The zero-order valence-corrected chi connectivity index (χ0v) is 15.9. The van der Waals surface area contributed by atoms with E-state index in [1.165, 1.54) is 30.0 Å². The molecule has 1 N–H and O–H groups in total. The summed E-state index contributed by atoms with van der Waals surface area (Å²) in [7, 11) is 0. The number of rotatable bonds is 4. The molecule has 1 aliphatic rings. The molecule has 1 heterocycles. The average molecular weight is 397 g/mol. The molecule has 2 amide bonds. The van der Waals surface area contributed by atoms with Crippen molar-refractivity contribution in [3.63, 3.8) is 0 Å². The highest BCUT2D eigenvalue weighted by molar-refractivity contribution is 6.05. The molecule has 0 saturated carbocycles. The molecule has 1 atom stereocenters. The molecule has 29 heavy (non-hydrogen) atoms. The molecule has 0 aliphatic carbocycles. The van der Waals surface area contributed by atoms with E-state index in [-0.39, 0.29) is 29.1 Å². The number of para-hydroxylation sites is 2. The van der Waals surface area contributed by atoms with Gasteiger partial charge in [0, 0.05) is 24.1 Å². The van der Waals surface area contributed by atoms with Crippen LogP contribution < -0.4 is 10.2 Å². The van der Waals surface area contributed by atoms with Crippen LogP contribution in [0.25, 0.3) is 0 Å². The molecule has 2 aromatic carbocycles. The number of hydrogen-bond acceptors (Lipinski definition) is 6. The summed E-state index contributed by atoms with van der Waals surface area (Å²) in [5, 5.41) is 13.8. The lowest BCUT2D eigenvalue weighted by Gasteiger charge is -2.27.